The largest absolute Gasteiger partial charge is 0.359 e. The Morgan fingerprint density at radius 1 is 0.356 bits per heavy atom. The third-order valence-electron chi connectivity index (χ3n) is 13.2. The maximum absolute atomic E-state index is 3.79. The Morgan fingerprint density at radius 2 is 0.847 bits per heavy atom. The zero-order valence-electron chi connectivity index (χ0n) is 32.5. The molecule has 0 saturated carbocycles. The highest BCUT2D eigenvalue weighted by molar-refractivity contribution is 5.92. The second-order valence-electron chi connectivity index (χ2n) is 16.0. The van der Waals surface area contributed by atoms with E-state index in [9.17, 15) is 0 Å². The summed E-state index contributed by atoms with van der Waals surface area (Å²) in [5.74, 6) is 0. The second kappa shape index (κ2) is 13.1. The molecule has 0 bridgehead atoms. The Labute approximate surface area is 345 Å². The molecule has 0 aromatic heterocycles. The Bertz CT molecular complexity index is 3010. The molecule has 2 aliphatic carbocycles. The number of benzene rings is 9. The summed E-state index contributed by atoms with van der Waals surface area (Å²) in [6, 6.07) is 85.5. The minimum atomic E-state index is -0.560. The van der Waals surface area contributed by atoms with E-state index in [1.807, 2.05) is 0 Å². The lowest BCUT2D eigenvalue weighted by molar-refractivity contribution is 0.627. The lowest BCUT2D eigenvalue weighted by Gasteiger charge is -2.49. The van der Waals surface area contributed by atoms with Gasteiger partial charge in [0.2, 0.25) is 0 Å². The first-order valence-electron chi connectivity index (χ1n) is 20.6. The SMILES string of the molecule is c1ccc(N2c3ccccc3NC2c2ccc(-c3ccc(C4(c5ccccc5)c5ccccc5C5(c6ccccc6)c6ccccc6-c6cccc4c65)cc3)cc2)cc1. The van der Waals surface area contributed by atoms with Crippen molar-refractivity contribution in [2.75, 3.05) is 10.2 Å². The lowest BCUT2D eigenvalue weighted by Crippen LogP contribution is -2.44. The predicted molar refractivity (Wildman–Crippen MR) is 242 cm³/mol. The molecule has 1 aliphatic heterocycles. The van der Waals surface area contributed by atoms with E-state index in [0.29, 0.717) is 0 Å². The highest BCUT2D eigenvalue weighted by Crippen LogP contribution is 2.65. The summed E-state index contributed by atoms with van der Waals surface area (Å²) in [4.78, 5) is 2.40. The van der Waals surface area contributed by atoms with Crippen LogP contribution in [0, 0.1) is 0 Å². The smallest absolute Gasteiger partial charge is 0.130 e. The average Bonchev–Trinajstić information content (AvgIpc) is 3.86. The molecule has 0 amide bonds. The molecule has 9 aromatic rings. The van der Waals surface area contributed by atoms with Crippen LogP contribution in [0.25, 0.3) is 22.3 Å². The molecule has 0 saturated heterocycles. The molecule has 3 aliphatic rings. The van der Waals surface area contributed by atoms with Crippen LogP contribution in [0.1, 0.15) is 56.2 Å². The molecule has 278 valence electrons. The summed E-state index contributed by atoms with van der Waals surface area (Å²) < 4.78 is 0. The van der Waals surface area contributed by atoms with Gasteiger partial charge in [-0.3, -0.25) is 0 Å². The molecule has 12 rings (SSSR count). The van der Waals surface area contributed by atoms with Gasteiger partial charge in [0.25, 0.3) is 0 Å². The quantitative estimate of drug-likeness (QED) is 0.182. The summed E-state index contributed by atoms with van der Waals surface area (Å²) in [7, 11) is 0. The number of nitrogens with one attached hydrogen (secondary N) is 1. The average molecular weight is 753 g/mol. The van der Waals surface area contributed by atoms with Gasteiger partial charge in [0.1, 0.15) is 6.17 Å². The molecule has 0 radical (unpaired) electrons. The highest BCUT2D eigenvalue weighted by Gasteiger charge is 2.57. The summed E-state index contributed by atoms with van der Waals surface area (Å²) in [5, 5.41) is 3.79. The van der Waals surface area contributed by atoms with Gasteiger partial charge in [-0.15, -0.1) is 0 Å². The third-order valence-corrected chi connectivity index (χ3v) is 13.2. The van der Waals surface area contributed by atoms with Crippen molar-refractivity contribution in [3.63, 3.8) is 0 Å². The maximum atomic E-state index is 3.79. The number of hydrogen-bond acceptors (Lipinski definition) is 2. The summed E-state index contributed by atoms with van der Waals surface area (Å²) in [6.45, 7) is 0. The molecular weight excluding hydrogens is 713 g/mol. The minimum Gasteiger partial charge on any atom is -0.359 e. The van der Waals surface area contributed by atoms with Crippen molar-refractivity contribution in [3.8, 4) is 22.3 Å². The summed E-state index contributed by atoms with van der Waals surface area (Å²) in [6.07, 6.45) is -0.00919. The first-order chi connectivity index (χ1) is 29.3. The van der Waals surface area contributed by atoms with Crippen molar-refractivity contribution in [1.82, 2.24) is 0 Å². The Kier molecular flexibility index (Phi) is 7.46. The fourth-order valence-electron chi connectivity index (χ4n) is 10.9. The molecule has 2 heteroatoms. The van der Waals surface area contributed by atoms with Crippen molar-refractivity contribution in [1.29, 1.82) is 0 Å². The lowest BCUT2D eigenvalue weighted by atomic mass is 9.51. The van der Waals surface area contributed by atoms with Gasteiger partial charge in [0.05, 0.1) is 22.2 Å². The van der Waals surface area contributed by atoms with Crippen molar-refractivity contribution in [2.24, 2.45) is 0 Å². The van der Waals surface area contributed by atoms with Gasteiger partial charge in [-0.1, -0.05) is 206 Å². The number of anilines is 3. The zero-order valence-corrected chi connectivity index (χ0v) is 32.5. The molecule has 0 fully saturated rings. The van der Waals surface area contributed by atoms with E-state index in [-0.39, 0.29) is 6.17 Å². The molecule has 3 unspecified atom stereocenters. The molecule has 59 heavy (non-hydrogen) atoms. The van der Waals surface area contributed by atoms with Gasteiger partial charge in [-0.2, -0.15) is 0 Å². The van der Waals surface area contributed by atoms with Crippen molar-refractivity contribution in [3.05, 3.63) is 281 Å². The Hall–Kier alpha value is -7.42. The first-order valence-corrected chi connectivity index (χ1v) is 20.6. The standard InChI is InChI=1S/C57H40N2/c1-4-17-42(18-5-1)56(49-26-12-13-27-50(49)57(43-19-6-2-7-20-43)48-25-11-10-23-46(48)47-24-16-28-51(56)54(47)57)44-37-35-40(36-38-44)39-31-33-41(34-32-39)55-58-52-29-14-15-30-53(52)59(55)45-21-8-3-9-22-45/h1-38,55,58H. The normalized spacial score (nSPS) is 19.3. The molecule has 9 aromatic carbocycles. The Morgan fingerprint density at radius 3 is 1.54 bits per heavy atom. The van der Waals surface area contributed by atoms with Gasteiger partial charge < -0.3 is 10.2 Å². The number of rotatable bonds is 6. The van der Waals surface area contributed by atoms with E-state index in [2.05, 4.69) is 241 Å². The van der Waals surface area contributed by atoms with Crippen LogP contribution in [0.3, 0.4) is 0 Å². The van der Waals surface area contributed by atoms with Gasteiger partial charge >= 0.3 is 0 Å². The topological polar surface area (TPSA) is 15.3 Å². The van der Waals surface area contributed by atoms with E-state index in [0.717, 1.165) is 5.69 Å². The van der Waals surface area contributed by atoms with E-state index >= 15 is 0 Å². The van der Waals surface area contributed by atoms with E-state index in [1.54, 1.807) is 0 Å². The van der Waals surface area contributed by atoms with Gasteiger partial charge in [0.15, 0.2) is 0 Å². The van der Waals surface area contributed by atoms with Crippen LogP contribution in [0.2, 0.25) is 0 Å². The van der Waals surface area contributed by atoms with Gasteiger partial charge in [-0.25, -0.2) is 0 Å². The van der Waals surface area contributed by atoms with Crippen molar-refractivity contribution in [2.45, 2.75) is 17.0 Å². The third kappa shape index (κ3) is 4.69. The van der Waals surface area contributed by atoms with Gasteiger partial charge in [0, 0.05) is 5.69 Å². The van der Waals surface area contributed by atoms with Crippen LogP contribution >= 0.6 is 0 Å². The summed E-state index contributed by atoms with van der Waals surface area (Å²) in [5.41, 5.74) is 19.3. The van der Waals surface area contributed by atoms with Crippen LogP contribution < -0.4 is 10.2 Å². The van der Waals surface area contributed by atoms with Crippen LogP contribution in [-0.4, -0.2) is 0 Å². The predicted octanol–water partition coefficient (Wildman–Crippen LogP) is 13.7. The molecule has 3 atom stereocenters. The molecule has 2 nitrogen and oxygen atoms in total. The fourth-order valence-corrected chi connectivity index (χ4v) is 10.9. The van der Waals surface area contributed by atoms with Crippen LogP contribution in [0.15, 0.2) is 231 Å². The first kappa shape index (κ1) is 33.7. The molecule has 0 spiro atoms. The highest BCUT2D eigenvalue weighted by atomic mass is 15.3. The number of nitrogens with zero attached hydrogens (tertiary/aromatic N) is 1. The number of para-hydroxylation sites is 3. The van der Waals surface area contributed by atoms with E-state index in [1.165, 1.54) is 83.7 Å². The van der Waals surface area contributed by atoms with Crippen LogP contribution in [0.5, 0.6) is 0 Å². The molecular formula is C57H40N2. The van der Waals surface area contributed by atoms with E-state index in [4.69, 9.17) is 0 Å². The summed E-state index contributed by atoms with van der Waals surface area (Å²) >= 11 is 0. The van der Waals surface area contributed by atoms with Crippen LogP contribution in [0.4, 0.5) is 17.1 Å². The molecule has 1 heterocycles. The van der Waals surface area contributed by atoms with Crippen molar-refractivity contribution < 1.29 is 0 Å². The van der Waals surface area contributed by atoms with Gasteiger partial charge in [-0.05, 0) is 96.6 Å². The number of fused-ring (bicyclic) bond motifs is 6. The van der Waals surface area contributed by atoms with Crippen LogP contribution in [-0.2, 0) is 10.8 Å². The monoisotopic (exact) mass is 752 g/mol. The number of hydrogen-bond donors (Lipinski definition) is 1. The Balaban J connectivity index is 1.01. The zero-order chi connectivity index (χ0) is 39.0. The minimum absolute atomic E-state index is 0.00919. The fraction of sp³-hybridized carbons (Fsp3) is 0.0526. The molecule has 1 N–H and O–H groups in total. The van der Waals surface area contributed by atoms with Crippen molar-refractivity contribution >= 4 is 17.1 Å². The van der Waals surface area contributed by atoms with E-state index < -0.39 is 10.8 Å². The second-order valence-corrected chi connectivity index (χ2v) is 16.0. The maximum Gasteiger partial charge on any atom is 0.130 e.